The summed E-state index contributed by atoms with van der Waals surface area (Å²) in [6.45, 7) is 17.7. The van der Waals surface area contributed by atoms with Gasteiger partial charge in [-0.1, -0.05) is 66.5 Å². The van der Waals surface area contributed by atoms with Crippen LogP contribution in [0.5, 0.6) is 0 Å². The first kappa shape index (κ1) is 23.8. The van der Waals surface area contributed by atoms with Gasteiger partial charge in [-0.15, -0.1) is 0 Å². The van der Waals surface area contributed by atoms with Gasteiger partial charge in [-0.05, 0) is 116 Å². The van der Waals surface area contributed by atoms with Crippen LogP contribution in [0.1, 0.15) is 119 Å². The highest BCUT2D eigenvalue weighted by atomic mass is 16.3. The molecule has 1 nitrogen and oxygen atoms in total. The van der Waals surface area contributed by atoms with E-state index in [4.69, 9.17) is 0 Å². The number of hydrogen-bond acceptors (Lipinski definition) is 1. The monoisotopic (exact) mass is 428 g/mol. The minimum Gasteiger partial charge on any atom is -0.393 e. The van der Waals surface area contributed by atoms with Crippen LogP contribution in [0.3, 0.4) is 0 Å². The zero-order valence-corrected chi connectivity index (χ0v) is 21.8. The molecule has 0 amide bonds. The molecule has 0 aromatic heterocycles. The van der Waals surface area contributed by atoms with Crippen molar-refractivity contribution in [3.05, 3.63) is 11.6 Å². The number of allylic oxidation sites excluding steroid dienone is 1. The Labute approximate surface area is 193 Å². The van der Waals surface area contributed by atoms with E-state index in [0.29, 0.717) is 16.2 Å². The Morgan fingerprint density at radius 1 is 1.06 bits per heavy atom. The summed E-state index contributed by atoms with van der Waals surface area (Å²) in [5, 5.41) is 10.3. The van der Waals surface area contributed by atoms with Crippen molar-refractivity contribution < 1.29 is 5.11 Å². The highest BCUT2D eigenvalue weighted by Crippen LogP contribution is 2.67. The number of rotatable bonds is 6. The van der Waals surface area contributed by atoms with Crippen molar-refractivity contribution >= 4 is 0 Å². The average Bonchev–Trinajstić information content (AvgIpc) is 3.09. The van der Waals surface area contributed by atoms with E-state index in [9.17, 15) is 5.11 Å². The minimum absolute atomic E-state index is 0.0823. The molecule has 9 atom stereocenters. The lowest BCUT2D eigenvalue weighted by Crippen LogP contribution is -2.50. The molecule has 4 aliphatic rings. The zero-order chi connectivity index (χ0) is 22.6. The summed E-state index contributed by atoms with van der Waals surface area (Å²) in [4.78, 5) is 0. The van der Waals surface area contributed by atoms with Crippen molar-refractivity contribution in [2.45, 2.75) is 125 Å². The molecule has 178 valence electrons. The fourth-order valence-electron chi connectivity index (χ4n) is 9.25. The summed E-state index contributed by atoms with van der Waals surface area (Å²) in [5.74, 6) is 5.28. The Balaban J connectivity index is 1.48. The second kappa shape index (κ2) is 8.48. The van der Waals surface area contributed by atoms with Crippen molar-refractivity contribution in [2.24, 2.45) is 51.8 Å². The predicted molar refractivity (Wildman–Crippen MR) is 133 cm³/mol. The fraction of sp³-hybridized carbons (Fsp3) is 0.933. The molecule has 0 aliphatic heterocycles. The Bertz CT molecular complexity index is 678. The third-order valence-corrected chi connectivity index (χ3v) is 12.2. The first-order valence-corrected chi connectivity index (χ1v) is 13.9. The van der Waals surface area contributed by atoms with Gasteiger partial charge in [-0.3, -0.25) is 0 Å². The SMILES string of the molecule is CCC(C)(CC[C@@H](C)C1CCC2C3CC=C4CC(O)CCC4(C)C3CCC21C)C(C)C. The van der Waals surface area contributed by atoms with E-state index in [1.807, 2.05) is 0 Å². The van der Waals surface area contributed by atoms with Crippen LogP contribution < -0.4 is 0 Å². The molecule has 8 unspecified atom stereocenters. The van der Waals surface area contributed by atoms with Gasteiger partial charge in [-0.25, -0.2) is 0 Å². The van der Waals surface area contributed by atoms with E-state index in [1.54, 1.807) is 5.57 Å². The van der Waals surface area contributed by atoms with Crippen LogP contribution >= 0.6 is 0 Å². The fourth-order valence-corrected chi connectivity index (χ4v) is 9.25. The number of aliphatic hydroxyl groups excluding tert-OH is 1. The molecule has 3 fully saturated rings. The number of fused-ring (bicyclic) bond motifs is 5. The largest absolute Gasteiger partial charge is 0.393 e. The summed E-state index contributed by atoms with van der Waals surface area (Å²) in [7, 11) is 0. The molecule has 1 heteroatoms. The molecular formula is C30H52O. The molecule has 31 heavy (non-hydrogen) atoms. The van der Waals surface area contributed by atoms with Crippen LogP contribution in [0.2, 0.25) is 0 Å². The van der Waals surface area contributed by atoms with E-state index in [0.717, 1.165) is 48.3 Å². The summed E-state index contributed by atoms with van der Waals surface area (Å²) in [6.07, 6.45) is 17.0. The molecule has 0 aromatic carbocycles. The van der Waals surface area contributed by atoms with Gasteiger partial charge in [-0.2, -0.15) is 0 Å². The molecule has 3 saturated carbocycles. The zero-order valence-electron chi connectivity index (χ0n) is 21.8. The van der Waals surface area contributed by atoms with E-state index in [-0.39, 0.29) is 6.10 Å². The maximum atomic E-state index is 10.3. The Morgan fingerprint density at radius 2 is 1.81 bits per heavy atom. The Morgan fingerprint density at radius 3 is 2.48 bits per heavy atom. The van der Waals surface area contributed by atoms with E-state index >= 15 is 0 Å². The van der Waals surface area contributed by atoms with Crippen LogP contribution in [-0.2, 0) is 0 Å². The van der Waals surface area contributed by atoms with Crippen molar-refractivity contribution in [3.8, 4) is 0 Å². The van der Waals surface area contributed by atoms with Gasteiger partial charge in [0.2, 0.25) is 0 Å². The van der Waals surface area contributed by atoms with Crippen LogP contribution in [0.15, 0.2) is 11.6 Å². The molecule has 0 heterocycles. The van der Waals surface area contributed by atoms with Crippen LogP contribution in [-0.4, -0.2) is 11.2 Å². The molecule has 0 radical (unpaired) electrons. The second-order valence-corrected chi connectivity index (χ2v) is 13.6. The quantitative estimate of drug-likeness (QED) is 0.421. The first-order valence-electron chi connectivity index (χ1n) is 13.9. The maximum absolute atomic E-state index is 10.3. The molecule has 0 spiro atoms. The van der Waals surface area contributed by atoms with Gasteiger partial charge < -0.3 is 5.11 Å². The molecule has 4 rings (SSSR count). The summed E-state index contributed by atoms with van der Waals surface area (Å²) in [6, 6.07) is 0. The van der Waals surface area contributed by atoms with Gasteiger partial charge >= 0.3 is 0 Å². The molecule has 4 aliphatic carbocycles. The van der Waals surface area contributed by atoms with Crippen molar-refractivity contribution in [2.75, 3.05) is 0 Å². The topological polar surface area (TPSA) is 20.2 Å². The van der Waals surface area contributed by atoms with Crippen molar-refractivity contribution in [1.29, 1.82) is 0 Å². The molecule has 1 N–H and O–H groups in total. The van der Waals surface area contributed by atoms with Crippen LogP contribution in [0.25, 0.3) is 0 Å². The maximum Gasteiger partial charge on any atom is 0.0577 e. The van der Waals surface area contributed by atoms with E-state index in [1.165, 1.54) is 57.8 Å². The smallest absolute Gasteiger partial charge is 0.0577 e. The molecular weight excluding hydrogens is 376 g/mol. The lowest BCUT2D eigenvalue weighted by molar-refractivity contribution is -0.0579. The lowest BCUT2D eigenvalue weighted by Gasteiger charge is -2.58. The molecule has 0 saturated heterocycles. The van der Waals surface area contributed by atoms with Crippen molar-refractivity contribution in [1.82, 2.24) is 0 Å². The number of hydrogen-bond donors (Lipinski definition) is 1. The summed E-state index contributed by atoms with van der Waals surface area (Å²) in [5.41, 5.74) is 3.08. The third-order valence-electron chi connectivity index (χ3n) is 12.2. The van der Waals surface area contributed by atoms with E-state index < -0.39 is 0 Å². The average molecular weight is 429 g/mol. The highest BCUT2D eigenvalue weighted by molar-refractivity contribution is 5.25. The standard InChI is InChI=1S/C30H52O/c1-8-28(5,20(2)3)16-13-21(4)25-11-12-26-24-10-9-22-19-23(31)14-17-29(22,6)27(24)15-18-30(25,26)7/h9,20-21,23-27,31H,8,10-19H2,1-7H3/t21-,23?,24?,25?,26?,27?,28?,29?,30?/m1/s1. The molecule has 0 bridgehead atoms. The van der Waals surface area contributed by atoms with Crippen LogP contribution in [0, 0.1) is 51.8 Å². The number of aliphatic hydroxyl groups is 1. The highest BCUT2D eigenvalue weighted by Gasteiger charge is 2.59. The van der Waals surface area contributed by atoms with E-state index in [2.05, 4.69) is 54.5 Å². The van der Waals surface area contributed by atoms with Gasteiger partial charge in [0.25, 0.3) is 0 Å². The normalized spacial score (nSPS) is 45.3. The van der Waals surface area contributed by atoms with Crippen molar-refractivity contribution in [3.63, 3.8) is 0 Å². The van der Waals surface area contributed by atoms with Crippen LogP contribution in [0.4, 0.5) is 0 Å². The van der Waals surface area contributed by atoms with Gasteiger partial charge in [0.05, 0.1) is 6.10 Å². The Hall–Kier alpha value is -0.300. The second-order valence-electron chi connectivity index (χ2n) is 13.6. The minimum atomic E-state index is -0.0823. The predicted octanol–water partition coefficient (Wildman–Crippen LogP) is 8.41. The van der Waals surface area contributed by atoms with Gasteiger partial charge in [0.1, 0.15) is 0 Å². The first-order chi connectivity index (χ1) is 14.5. The molecule has 0 aromatic rings. The summed E-state index contributed by atoms with van der Waals surface area (Å²) >= 11 is 0. The van der Waals surface area contributed by atoms with Gasteiger partial charge in [0.15, 0.2) is 0 Å². The summed E-state index contributed by atoms with van der Waals surface area (Å²) < 4.78 is 0. The Kier molecular flexibility index (Phi) is 6.53. The van der Waals surface area contributed by atoms with Gasteiger partial charge in [0, 0.05) is 0 Å². The third kappa shape index (κ3) is 3.87. The lowest BCUT2D eigenvalue weighted by atomic mass is 9.47.